The van der Waals surface area contributed by atoms with E-state index in [-0.39, 0.29) is 11.9 Å². The van der Waals surface area contributed by atoms with Crippen molar-refractivity contribution in [2.45, 2.75) is 6.04 Å². The van der Waals surface area contributed by atoms with Crippen molar-refractivity contribution in [2.24, 2.45) is 0 Å². The van der Waals surface area contributed by atoms with Gasteiger partial charge in [-0.1, -0.05) is 18.2 Å². The molecule has 0 aliphatic rings. The van der Waals surface area contributed by atoms with Gasteiger partial charge in [0.05, 0.1) is 37.8 Å². The first-order valence-corrected chi connectivity index (χ1v) is 10.9. The predicted octanol–water partition coefficient (Wildman–Crippen LogP) is 4.18. The fourth-order valence-corrected chi connectivity index (χ4v) is 3.75. The molecule has 34 heavy (non-hydrogen) atoms. The minimum Gasteiger partial charge on any atom is -0.493 e. The number of benzene rings is 2. The molecule has 0 radical (unpaired) electrons. The molecule has 0 saturated carbocycles. The summed E-state index contributed by atoms with van der Waals surface area (Å²) in [6.45, 7) is 0.376. The average molecular weight is 461 g/mol. The van der Waals surface area contributed by atoms with E-state index >= 15 is 0 Å². The largest absolute Gasteiger partial charge is 0.493 e. The maximum Gasteiger partial charge on any atom is 0.255 e. The van der Waals surface area contributed by atoms with Gasteiger partial charge in [0.15, 0.2) is 11.5 Å². The van der Waals surface area contributed by atoms with Gasteiger partial charge in [0, 0.05) is 18.3 Å². The van der Waals surface area contributed by atoms with Crippen molar-refractivity contribution < 1.29 is 18.7 Å². The molecule has 176 valence electrons. The fourth-order valence-electron chi connectivity index (χ4n) is 3.75. The fraction of sp³-hybridized carbons (Fsp3) is 0.231. The normalized spacial score (nSPS) is 11.9. The number of para-hydroxylation sites is 1. The number of ether oxygens (including phenoxy) is 2. The molecule has 0 spiro atoms. The molecule has 1 atom stereocenters. The summed E-state index contributed by atoms with van der Waals surface area (Å²) in [6.07, 6.45) is 3.38. The lowest BCUT2D eigenvalue weighted by Gasteiger charge is -2.22. The van der Waals surface area contributed by atoms with E-state index in [2.05, 4.69) is 5.32 Å². The van der Waals surface area contributed by atoms with Crippen molar-refractivity contribution in [3.63, 3.8) is 0 Å². The Morgan fingerprint density at radius 2 is 1.82 bits per heavy atom. The third-order valence-corrected chi connectivity index (χ3v) is 5.59. The Morgan fingerprint density at radius 1 is 1.06 bits per heavy atom. The van der Waals surface area contributed by atoms with E-state index in [0.29, 0.717) is 29.3 Å². The molecule has 0 bridgehead atoms. The van der Waals surface area contributed by atoms with Crippen LogP contribution in [-0.4, -0.2) is 55.4 Å². The minimum absolute atomic E-state index is 0.104. The summed E-state index contributed by atoms with van der Waals surface area (Å²) in [5.41, 5.74) is 2.59. The van der Waals surface area contributed by atoms with E-state index in [1.165, 1.54) is 0 Å². The van der Waals surface area contributed by atoms with Crippen molar-refractivity contribution in [2.75, 3.05) is 34.9 Å². The highest BCUT2D eigenvalue weighted by Gasteiger charge is 2.23. The second kappa shape index (κ2) is 10.3. The van der Waals surface area contributed by atoms with Crippen LogP contribution in [0.25, 0.3) is 16.9 Å². The smallest absolute Gasteiger partial charge is 0.255 e. The number of furan rings is 1. The SMILES string of the molecule is COc1ccc(-c2nn(-c3ccccc3)cc2C(=O)NC[C@H](c2ccco2)N(C)C)cc1OC. The Kier molecular flexibility index (Phi) is 6.98. The van der Waals surface area contributed by atoms with Gasteiger partial charge in [-0.3, -0.25) is 9.69 Å². The van der Waals surface area contributed by atoms with Crippen molar-refractivity contribution in [3.8, 4) is 28.4 Å². The summed E-state index contributed by atoms with van der Waals surface area (Å²) < 4.78 is 18.1. The molecular weight excluding hydrogens is 432 g/mol. The second-order valence-corrected chi connectivity index (χ2v) is 7.95. The number of hydrogen-bond donors (Lipinski definition) is 1. The average Bonchev–Trinajstić information content (AvgIpc) is 3.55. The summed E-state index contributed by atoms with van der Waals surface area (Å²) in [5, 5.41) is 7.79. The zero-order chi connectivity index (χ0) is 24.1. The summed E-state index contributed by atoms with van der Waals surface area (Å²) in [5.74, 6) is 1.72. The number of likely N-dealkylation sites (N-methyl/N-ethyl adjacent to an activating group) is 1. The van der Waals surface area contributed by atoms with Gasteiger partial charge in [0.2, 0.25) is 0 Å². The third kappa shape index (κ3) is 4.82. The van der Waals surface area contributed by atoms with E-state index in [0.717, 1.165) is 17.0 Å². The van der Waals surface area contributed by atoms with Gasteiger partial charge < -0.3 is 19.2 Å². The van der Waals surface area contributed by atoms with E-state index in [1.54, 1.807) is 37.4 Å². The third-order valence-electron chi connectivity index (χ3n) is 5.59. The number of hydrogen-bond acceptors (Lipinski definition) is 6. The lowest BCUT2D eigenvalue weighted by Crippen LogP contribution is -2.34. The standard InChI is InChI=1S/C26H28N4O4/c1-29(2)21(22-11-8-14-34-22)16-27-26(31)20-17-30(19-9-6-5-7-10-19)28-25(20)18-12-13-23(32-3)24(15-18)33-4/h5-15,17,21H,16H2,1-4H3,(H,27,31)/t21-/m1/s1. The van der Waals surface area contributed by atoms with Crippen molar-refractivity contribution in [1.29, 1.82) is 0 Å². The number of carbonyl (C=O) groups is 1. The Labute approximate surface area is 198 Å². The highest BCUT2D eigenvalue weighted by atomic mass is 16.5. The molecule has 1 N–H and O–H groups in total. The molecule has 8 heteroatoms. The zero-order valence-corrected chi connectivity index (χ0v) is 19.7. The first-order valence-electron chi connectivity index (χ1n) is 10.9. The summed E-state index contributed by atoms with van der Waals surface area (Å²) in [7, 11) is 7.05. The quantitative estimate of drug-likeness (QED) is 0.404. The molecule has 2 aromatic heterocycles. The molecular formula is C26H28N4O4. The monoisotopic (exact) mass is 460 g/mol. The number of carbonyl (C=O) groups excluding carboxylic acids is 1. The predicted molar refractivity (Wildman–Crippen MR) is 130 cm³/mol. The summed E-state index contributed by atoms with van der Waals surface area (Å²) >= 11 is 0. The first kappa shape index (κ1) is 23.1. The maximum atomic E-state index is 13.4. The minimum atomic E-state index is -0.231. The van der Waals surface area contributed by atoms with Gasteiger partial charge in [-0.05, 0) is 56.6 Å². The van der Waals surface area contributed by atoms with Crippen LogP contribution in [0.15, 0.2) is 77.5 Å². The van der Waals surface area contributed by atoms with E-state index in [1.807, 2.05) is 73.6 Å². The highest BCUT2D eigenvalue weighted by molar-refractivity contribution is 6.00. The Hall–Kier alpha value is -4.04. The molecule has 8 nitrogen and oxygen atoms in total. The molecule has 2 heterocycles. The topological polar surface area (TPSA) is 81.8 Å². The molecule has 4 aromatic rings. The van der Waals surface area contributed by atoms with Crippen LogP contribution in [-0.2, 0) is 0 Å². The van der Waals surface area contributed by atoms with Gasteiger partial charge in [-0.2, -0.15) is 5.10 Å². The van der Waals surface area contributed by atoms with Crippen LogP contribution >= 0.6 is 0 Å². The van der Waals surface area contributed by atoms with Crippen molar-refractivity contribution in [1.82, 2.24) is 20.0 Å². The molecule has 0 unspecified atom stereocenters. The first-order chi connectivity index (χ1) is 16.5. The van der Waals surface area contributed by atoms with Crippen LogP contribution in [0.3, 0.4) is 0 Å². The number of aromatic nitrogens is 2. The van der Waals surface area contributed by atoms with Gasteiger partial charge in [-0.15, -0.1) is 0 Å². The maximum absolute atomic E-state index is 13.4. The Morgan fingerprint density at radius 3 is 2.47 bits per heavy atom. The molecule has 0 aliphatic heterocycles. The second-order valence-electron chi connectivity index (χ2n) is 7.95. The Bertz CT molecular complexity index is 1230. The molecule has 2 aromatic carbocycles. The van der Waals surface area contributed by atoms with Crippen LogP contribution in [0.4, 0.5) is 0 Å². The van der Waals surface area contributed by atoms with Crippen LogP contribution in [0.1, 0.15) is 22.2 Å². The number of methoxy groups -OCH3 is 2. The molecule has 4 rings (SSSR count). The van der Waals surface area contributed by atoms with E-state index in [9.17, 15) is 4.79 Å². The van der Waals surface area contributed by atoms with E-state index in [4.69, 9.17) is 19.0 Å². The molecule has 0 aliphatic carbocycles. The van der Waals surface area contributed by atoms with Crippen LogP contribution in [0.2, 0.25) is 0 Å². The van der Waals surface area contributed by atoms with Crippen LogP contribution < -0.4 is 14.8 Å². The van der Waals surface area contributed by atoms with Crippen LogP contribution in [0, 0.1) is 0 Å². The number of amides is 1. The van der Waals surface area contributed by atoms with Crippen molar-refractivity contribution in [3.05, 3.63) is 84.4 Å². The van der Waals surface area contributed by atoms with Gasteiger partial charge in [0.25, 0.3) is 5.91 Å². The lowest BCUT2D eigenvalue weighted by atomic mass is 10.1. The van der Waals surface area contributed by atoms with Crippen molar-refractivity contribution >= 4 is 5.91 Å². The molecule has 0 fully saturated rings. The number of nitrogens with zero attached hydrogens (tertiary/aromatic N) is 3. The highest BCUT2D eigenvalue weighted by Crippen LogP contribution is 2.33. The van der Waals surface area contributed by atoms with Crippen LogP contribution in [0.5, 0.6) is 11.5 Å². The number of nitrogens with one attached hydrogen (secondary N) is 1. The Balaban J connectivity index is 1.69. The summed E-state index contributed by atoms with van der Waals surface area (Å²) in [6, 6.07) is 18.8. The number of rotatable bonds is 9. The van der Waals surface area contributed by atoms with Gasteiger partial charge in [0.1, 0.15) is 11.5 Å². The lowest BCUT2D eigenvalue weighted by molar-refractivity contribution is 0.0939. The molecule has 1 amide bonds. The van der Waals surface area contributed by atoms with Gasteiger partial charge >= 0.3 is 0 Å². The molecule has 0 saturated heterocycles. The zero-order valence-electron chi connectivity index (χ0n) is 19.7. The van der Waals surface area contributed by atoms with E-state index < -0.39 is 0 Å². The van der Waals surface area contributed by atoms with Gasteiger partial charge in [-0.25, -0.2) is 4.68 Å². The summed E-state index contributed by atoms with van der Waals surface area (Å²) in [4.78, 5) is 15.4.